The van der Waals surface area contributed by atoms with Gasteiger partial charge in [-0.25, -0.2) is 14.4 Å². The van der Waals surface area contributed by atoms with Crippen molar-refractivity contribution in [1.29, 1.82) is 0 Å². The molecule has 0 fully saturated rings. The summed E-state index contributed by atoms with van der Waals surface area (Å²) in [4.78, 5) is 24.2. The van der Waals surface area contributed by atoms with Crippen LogP contribution < -0.4 is 5.73 Å². The van der Waals surface area contributed by atoms with Gasteiger partial charge in [0.1, 0.15) is 11.9 Å². The van der Waals surface area contributed by atoms with Gasteiger partial charge in [-0.3, -0.25) is 4.98 Å². The Bertz CT molecular complexity index is 1010. The Hall–Kier alpha value is -3.22. The number of nitrogen functional groups attached to an aromatic ring is 1. The molecule has 7 heteroatoms. The zero-order chi connectivity index (χ0) is 19.0. The van der Waals surface area contributed by atoms with Crippen LogP contribution in [0.5, 0.6) is 0 Å². The lowest BCUT2D eigenvalue weighted by Crippen LogP contribution is -2.21. The highest BCUT2D eigenvalue weighted by atomic mass is 19.1. The summed E-state index contributed by atoms with van der Waals surface area (Å²) >= 11 is 0. The molecule has 2 heterocycles. The molecule has 2 unspecified atom stereocenters. The lowest BCUT2D eigenvalue weighted by atomic mass is 9.77. The van der Waals surface area contributed by atoms with E-state index in [-0.39, 0.29) is 17.7 Å². The van der Waals surface area contributed by atoms with E-state index in [2.05, 4.69) is 20.1 Å². The van der Waals surface area contributed by atoms with Crippen LogP contribution in [-0.4, -0.2) is 15.0 Å². The number of aryl methyl sites for hydroxylation is 1. The van der Waals surface area contributed by atoms with Crippen LogP contribution in [0.1, 0.15) is 40.9 Å². The van der Waals surface area contributed by atoms with Gasteiger partial charge in [-0.1, -0.05) is 17.3 Å². The number of hydrogen-bond donors (Lipinski definition) is 1. The third kappa shape index (κ3) is 3.16. The van der Waals surface area contributed by atoms with E-state index in [1.165, 1.54) is 12.1 Å². The highest BCUT2D eigenvalue weighted by Crippen LogP contribution is 2.43. The molecule has 4 rings (SSSR count). The number of nitrogens with zero attached hydrogens (tertiary/aromatic N) is 4. The first-order chi connectivity index (χ1) is 13.1. The molecule has 2 N–H and O–H groups in total. The molecule has 1 aromatic carbocycles. The van der Waals surface area contributed by atoms with Gasteiger partial charge in [0.2, 0.25) is 5.95 Å². The molecular formula is C20H18FN5O. The Kier molecular flexibility index (Phi) is 4.35. The van der Waals surface area contributed by atoms with Crippen LogP contribution in [0.3, 0.4) is 0 Å². The van der Waals surface area contributed by atoms with Crippen LogP contribution in [0.2, 0.25) is 0 Å². The van der Waals surface area contributed by atoms with E-state index in [9.17, 15) is 9.30 Å². The topological polar surface area (TPSA) is 94.1 Å². The molecule has 0 saturated heterocycles. The smallest absolute Gasteiger partial charge is 0.220 e. The molecular weight excluding hydrogens is 345 g/mol. The van der Waals surface area contributed by atoms with Gasteiger partial charge < -0.3 is 5.73 Å². The maximum Gasteiger partial charge on any atom is 0.220 e. The molecule has 1 aliphatic rings. The molecule has 0 aliphatic heterocycles. The number of aromatic nitrogens is 3. The van der Waals surface area contributed by atoms with Crippen molar-refractivity contribution in [3.05, 3.63) is 76.0 Å². The van der Waals surface area contributed by atoms with E-state index < -0.39 is 6.04 Å². The number of pyridine rings is 1. The van der Waals surface area contributed by atoms with Crippen LogP contribution in [0, 0.1) is 17.6 Å². The molecule has 0 spiro atoms. The number of anilines is 1. The zero-order valence-corrected chi connectivity index (χ0v) is 14.8. The first-order valence-corrected chi connectivity index (χ1v) is 8.72. The molecule has 0 bridgehead atoms. The first-order valence-electron chi connectivity index (χ1n) is 8.72. The van der Waals surface area contributed by atoms with E-state index in [4.69, 9.17) is 5.73 Å². The van der Waals surface area contributed by atoms with Crippen LogP contribution in [0.4, 0.5) is 10.3 Å². The summed E-state index contributed by atoms with van der Waals surface area (Å²) in [7, 11) is 0. The van der Waals surface area contributed by atoms with Crippen LogP contribution in [0.25, 0.3) is 11.1 Å². The fourth-order valence-electron chi connectivity index (χ4n) is 3.95. The van der Waals surface area contributed by atoms with Crippen molar-refractivity contribution in [2.45, 2.75) is 31.7 Å². The Morgan fingerprint density at radius 2 is 2.11 bits per heavy atom. The maximum atomic E-state index is 14.0. The van der Waals surface area contributed by atoms with Gasteiger partial charge in [0.05, 0.1) is 5.69 Å². The van der Waals surface area contributed by atoms with Crippen LogP contribution >= 0.6 is 0 Å². The van der Waals surface area contributed by atoms with Gasteiger partial charge in [0, 0.05) is 29.2 Å². The molecule has 3 aromatic rings. The minimum Gasteiger partial charge on any atom is -0.368 e. The Morgan fingerprint density at radius 3 is 2.85 bits per heavy atom. The van der Waals surface area contributed by atoms with Crippen molar-refractivity contribution in [1.82, 2.24) is 15.0 Å². The summed E-state index contributed by atoms with van der Waals surface area (Å²) in [5, 5.41) is 3.32. The Morgan fingerprint density at radius 1 is 1.26 bits per heavy atom. The van der Waals surface area contributed by atoms with E-state index in [1.807, 2.05) is 19.1 Å². The number of hydrogen-bond acceptors (Lipinski definition) is 6. The third-order valence-electron chi connectivity index (χ3n) is 5.07. The lowest BCUT2D eigenvalue weighted by molar-refractivity contribution is 0.489. The summed E-state index contributed by atoms with van der Waals surface area (Å²) in [6, 6.07) is 7.87. The van der Waals surface area contributed by atoms with Crippen molar-refractivity contribution in [3.63, 3.8) is 0 Å². The number of nitroso groups, excluding NO2 is 1. The van der Waals surface area contributed by atoms with Crippen molar-refractivity contribution in [2.75, 3.05) is 5.73 Å². The molecule has 0 saturated carbocycles. The predicted molar refractivity (Wildman–Crippen MR) is 100 cm³/mol. The van der Waals surface area contributed by atoms with E-state index in [0.29, 0.717) is 18.5 Å². The van der Waals surface area contributed by atoms with E-state index in [1.54, 1.807) is 18.5 Å². The molecule has 136 valence electrons. The molecule has 27 heavy (non-hydrogen) atoms. The monoisotopic (exact) mass is 363 g/mol. The number of halogens is 1. The standard InChI is InChI=1S/C20H18FN5O/c1-11-19-17(25-20(22)24-11)7-13(8-18(19)26-27)15-5-4-14(21)9-16(15)12-3-2-6-23-10-12/h2-6,9-10,13,18H,7-8H2,1H3,(H2,22,24,25). The summed E-state index contributed by atoms with van der Waals surface area (Å²) in [5.74, 6) is -0.172. The summed E-state index contributed by atoms with van der Waals surface area (Å²) in [6.07, 6.45) is 4.49. The normalized spacial score (nSPS) is 18.7. The third-order valence-corrected chi connectivity index (χ3v) is 5.07. The summed E-state index contributed by atoms with van der Waals surface area (Å²) in [5.41, 5.74) is 10.5. The number of nitrogens with two attached hydrogens (primary N) is 1. The van der Waals surface area contributed by atoms with Gasteiger partial charge in [-0.15, -0.1) is 0 Å². The largest absolute Gasteiger partial charge is 0.368 e. The quantitative estimate of drug-likeness (QED) is 0.707. The molecule has 2 atom stereocenters. The van der Waals surface area contributed by atoms with Crippen molar-refractivity contribution in [2.24, 2.45) is 5.18 Å². The van der Waals surface area contributed by atoms with Crippen LogP contribution in [0.15, 0.2) is 47.9 Å². The van der Waals surface area contributed by atoms with Crippen molar-refractivity contribution >= 4 is 5.95 Å². The van der Waals surface area contributed by atoms with Crippen molar-refractivity contribution in [3.8, 4) is 11.1 Å². The van der Waals surface area contributed by atoms with Gasteiger partial charge in [-0.05, 0) is 55.0 Å². The van der Waals surface area contributed by atoms with Crippen LogP contribution in [-0.2, 0) is 6.42 Å². The molecule has 0 radical (unpaired) electrons. The summed E-state index contributed by atoms with van der Waals surface area (Å²) < 4.78 is 14.0. The predicted octanol–water partition coefficient (Wildman–Crippen LogP) is 4.11. The SMILES string of the molecule is Cc1nc(N)nc2c1C(N=O)CC(c1ccc(F)cc1-c1cccnc1)C2. The number of benzene rings is 1. The Labute approximate surface area is 155 Å². The minimum atomic E-state index is -0.550. The second-order valence-electron chi connectivity index (χ2n) is 6.76. The minimum absolute atomic E-state index is 0.0373. The van der Waals surface area contributed by atoms with Gasteiger partial charge >= 0.3 is 0 Å². The number of rotatable bonds is 3. The lowest BCUT2D eigenvalue weighted by Gasteiger charge is -2.29. The first kappa shape index (κ1) is 17.2. The fraction of sp³-hybridized carbons (Fsp3) is 0.250. The molecule has 0 amide bonds. The highest BCUT2D eigenvalue weighted by molar-refractivity contribution is 5.67. The van der Waals surface area contributed by atoms with E-state index in [0.717, 1.165) is 27.9 Å². The molecule has 2 aromatic heterocycles. The second kappa shape index (κ2) is 6.83. The molecule has 1 aliphatic carbocycles. The zero-order valence-electron chi connectivity index (χ0n) is 14.8. The highest BCUT2D eigenvalue weighted by Gasteiger charge is 2.33. The fourth-order valence-corrected chi connectivity index (χ4v) is 3.95. The average Bonchev–Trinajstić information content (AvgIpc) is 2.67. The van der Waals surface area contributed by atoms with Crippen molar-refractivity contribution < 1.29 is 4.39 Å². The maximum absolute atomic E-state index is 14.0. The van der Waals surface area contributed by atoms with Gasteiger partial charge in [-0.2, -0.15) is 4.91 Å². The second-order valence-corrected chi connectivity index (χ2v) is 6.76. The Balaban J connectivity index is 1.82. The van der Waals surface area contributed by atoms with Gasteiger partial charge in [0.15, 0.2) is 0 Å². The summed E-state index contributed by atoms with van der Waals surface area (Å²) in [6.45, 7) is 1.81. The van der Waals surface area contributed by atoms with Gasteiger partial charge in [0.25, 0.3) is 0 Å². The number of fused-ring (bicyclic) bond motifs is 1. The van der Waals surface area contributed by atoms with E-state index >= 15 is 0 Å². The molecule has 6 nitrogen and oxygen atoms in total. The average molecular weight is 363 g/mol.